The van der Waals surface area contributed by atoms with Crippen LogP contribution in [0.25, 0.3) is 16.7 Å². The Balaban J connectivity index is 1.21. The maximum absolute atomic E-state index is 14.3. The van der Waals surface area contributed by atoms with E-state index < -0.39 is 50.9 Å². The lowest BCUT2D eigenvalue weighted by Crippen LogP contribution is -2.57. The Morgan fingerprint density at radius 2 is 1.94 bits per heavy atom. The number of sulfonamides is 1. The molecule has 15 heteroatoms. The Morgan fingerprint density at radius 3 is 2.66 bits per heavy atom. The summed E-state index contributed by atoms with van der Waals surface area (Å²) in [6.07, 6.45) is 7.85. The lowest BCUT2D eigenvalue weighted by atomic mass is 10.1. The van der Waals surface area contributed by atoms with Crippen molar-refractivity contribution in [3.63, 3.8) is 0 Å². The van der Waals surface area contributed by atoms with Crippen LogP contribution in [0.5, 0.6) is 11.5 Å². The van der Waals surface area contributed by atoms with Gasteiger partial charge in [0.05, 0.1) is 30.1 Å². The summed E-state index contributed by atoms with van der Waals surface area (Å²) in [6, 6.07) is 6.46. The smallest absolute Gasteiger partial charge is 0.259 e. The van der Waals surface area contributed by atoms with E-state index in [1.54, 1.807) is 24.8 Å². The molecule has 7 rings (SSSR count). The number of nitrogens with one attached hydrogen (secondary N) is 2. The number of carbonyl (C=O) groups is 3. The molecule has 0 bridgehead atoms. The standard InChI is InChI=1S/C38H48N6O8S/c1-22(2)29-15-16-44(41-29)33-19-32(28-13-14-31(50-5)23(3)34(28)39-33)52-26-18-30-35(45)40-38(37(47)42-53(48,49)27-11-12-27)20-25(38)10-8-6-7-9-17-51-24(4)36(46)43(30)21-26/h8,10,13-16,19,22,24-27,30H,6-7,9,11-12,17-18,20-21H2,1-5H3,(H,40,45)(H,42,47). The van der Waals surface area contributed by atoms with Gasteiger partial charge in [0.1, 0.15) is 35.3 Å². The summed E-state index contributed by atoms with van der Waals surface area (Å²) < 4.78 is 47.8. The zero-order valence-electron chi connectivity index (χ0n) is 30.8. The number of fused-ring (bicyclic) bond motifs is 3. The lowest BCUT2D eigenvalue weighted by Gasteiger charge is -2.28. The molecule has 2 saturated carbocycles. The molecule has 1 saturated heterocycles. The number of aryl methyl sites for hydroxylation is 1. The zero-order valence-corrected chi connectivity index (χ0v) is 31.6. The minimum absolute atomic E-state index is 0.0801. The van der Waals surface area contributed by atoms with E-state index in [4.69, 9.17) is 24.3 Å². The fraction of sp³-hybridized carbons (Fsp3) is 0.553. The first-order valence-corrected chi connectivity index (χ1v) is 20.0. The number of benzene rings is 1. The molecule has 53 heavy (non-hydrogen) atoms. The highest BCUT2D eigenvalue weighted by Gasteiger charge is 2.62. The van der Waals surface area contributed by atoms with Crippen LogP contribution in [-0.4, -0.2) is 95.1 Å². The van der Waals surface area contributed by atoms with E-state index in [0.717, 1.165) is 35.9 Å². The Labute approximate surface area is 309 Å². The number of aromatic nitrogens is 3. The van der Waals surface area contributed by atoms with Crippen molar-refractivity contribution in [2.24, 2.45) is 5.92 Å². The van der Waals surface area contributed by atoms with E-state index in [-0.39, 0.29) is 37.1 Å². The fourth-order valence-electron chi connectivity index (χ4n) is 7.29. The van der Waals surface area contributed by atoms with Gasteiger partial charge in [0.25, 0.3) is 11.8 Å². The maximum atomic E-state index is 14.3. The largest absolute Gasteiger partial charge is 0.496 e. The van der Waals surface area contributed by atoms with Crippen molar-refractivity contribution in [2.45, 2.75) is 108 Å². The molecule has 2 aliphatic carbocycles. The third-order valence-corrected chi connectivity index (χ3v) is 12.6. The highest BCUT2D eigenvalue weighted by atomic mass is 32.2. The van der Waals surface area contributed by atoms with Gasteiger partial charge in [0.2, 0.25) is 15.9 Å². The number of amides is 3. The summed E-state index contributed by atoms with van der Waals surface area (Å²) in [5.41, 5.74) is 0.927. The summed E-state index contributed by atoms with van der Waals surface area (Å²) in [5, 5.41) is 7.76. The second-order valence-corrected chi connectivity index (χ2v) is 16.9. The van der Waals surface area contributed by atoms with E-state index >= 15 is 0 Å². The normalized spacial score (nSPS) is 26.7. The van der Waals surface area contributed by atoms with Crippen molar-refractivity contribution in [3.8, 4) is 17.3 Å². The summed E-state index contributed by atoms with van der Waals surface area (Å²) in [5.74, 6) is -0.168. The Hall–Kier alpha value is -4.50. The predicted octanol–water partition coefficient (Wildman–Crippen LogP) is 3.84. The van der Waals surface area contributed by atoms with Crippen LogP contribution in [0.1, 0.15) is 82.9 Å². The first-order chi connectivity index (χ1) is 25.3. The number of carbonyl (C=O) groups excluding carboxylic acids is 3. The van der Waals surface area contributed by atoms with Gasteiger partial charge in [-0.05, 0) is 76.5 Å². The molecule has 5 unspecified atom stereocenters. The van der Waals surface area contributed by atoms with Crippen LogP contribution in [0.4, 0.5) is 0 Å². The predicted molar refractivity (Wildman–Crippen MR) is 196 cm³/mol. The van der Waals surface area contributed by atoms with Crippen molar-refractivity contribution in [2.75, 3.05) is 20.3 Å². The summed E-state index contributed by atoms with van der Waals surface area (Å²) in [6.45, 7) is 8.18. The number of allylic oxidation sites excluding steroid dienone is 1. The number of pyridine rings is 1. The molecule has 0 radical (unpaired) electrons. The molecule has 2 aromatic heterocycles. The van der Waals surface area contributed by atoms with Gasteiger partial charge in [-0.2, -0.15) is 5.10 Å². The van der Waals surface area contributed by atoms with E-state index in [2.05, 4.69) is 23.9 Å². The Bertz CT molecular complexity index is 2060. The van der Waals surface area contributed by atoms with Crippen LogP contribution in [-0.2, 0) is 29.1 Å². The summed E-state index contributed by atoms with van der Waals surface area (Å²) in [4.78, 5) is 48.3. The third kappa shape index (κ3) is 7.37. The van der Waals surface area contributed by atoms with Crippen molar-refractivity contribution < 1.29 is 37.0 Å². The van der Waals surface area contributed by atoms with Crippen LogP contribution in [0.15, 0.2) is 42.6 Å². The number of hydrogen-bond acceptors (Lipinski definition) is 10. The average Bonchev–Trinajstić information content (AvgIpc) is 4.00. The minimum Gasteiger partial charge on any atom is -0.496 e. The molecule has 4 heterocycles. The maximum Gasteiger partial charge on any atom is 0.259 e. The van der Waals surface area contributed by atoms with E-state index in [9.17, 15) is 22.8 Å². The molecule has 14 nitrogen and oxygen atoms in total. The van der Waals surface area contributed by atoms with Gasteiger partial charge in [-0.3, -0.25) is 19.1 Å². The van der Waals surface area contributed by atoms with Gasteiger partial charge in [-0.1, -0.05) is 26.0 Å². The van der Waals surface area contributed by atoms with Crippen LogP contribution >= 0.6 is 0 Å². The number of hydrogen-bond donors (Lipinski definition) is 2. The lowest BCUT2D eigenvalue weighted by molar-refractivity contribution is -0.147. The van der Waals surface area contributed by atoms with Crippen molar-refractivity contribution in [3.05, 3.63) is 53.9 Å². The SMILES string of the molecule is COc1ccc2c(OC3CC4C(=O)NC5(C(=O)NS(=O)(=O)C6CC6)CC5C=CCCCCOC(C)C(=O)N4C3)cc(-n3ccc(C(C)C)n3)nc2c1C. The molecule has 284 valence electrons. The molecule has 4 aliphatic rings. The molecule has 1 aromatic carbocycles. The van der Waals surface area contributed by atoms with Crippen LogP contribution in [0.2, 0.25) is 0 Å². The molecular formula is C38H48N6O8S. The highest BCUT2D eigenvalue weighted by molar-refractivity contribution is 7.91. The molecule has 2 N–H and O–H groups in total. The second-order valence-electron chi connectivity index (χ2n) is 15.0. The molecular weight excluding hydrogens is 701 g/mol. The van der Waals surface area contributed by atoms with Gasteiger partial charge in [-0.25, -0.2) is 18.1 Å². The second kappa shape index (κ2) is 14.4. The van der Waals surface area contributed by atoms with Crippen LogP contribution in [0, 0.1) is 12.8 Å². The highest BCUT2D eigenvalue weighted by Crippen LogP contribution is 2.46. The van der Waals surface area contributed by atoms with Gasteiger partial charge >= 0.3 is 0 Å². The molecule has 5 atom stereocenters. The Kier molecular flexibility index (Phi) is 10.00. The van der Waals surface area contributed by atoms with Crippen LogP contribution in [0.3, 0.4) is 0 Å². The number of ether oxygens (including phenoxy) is 3. The van der Waals surface area contributed by atoms with Gasteiger partial charge in [0.15, 0.2) is 5.82 Å². The fourth-order valence-corrected chi connectivity index (χ4v) is 8.65. The average molecular weight is 749 g/mol. The number of nitrogens with zero attached hydrogens (tertiary/aromatic N) is 4. The molecule has 3 aromatic rings. The van der Waals surface area contributed by atoms with E-state index in [1.807, 2.05) is 43.5 Å². The zero-order chi connectivity index (χ0) is 37.7. The van der Waals surface area contributed by atoms with Crippen molar-refractivity contribution >= 4 is 38.6 Å². The molecule has 0 spiro atoms. The van der Waals surface area contributed by atoms with Crippen molar-refractivity contribution in [1.29, 1.82) is 0 Å². The number of rotatable bonds is 8. The minimum atomic E-state index is -3.85. The first-order valence-electron chi connectivity index (χ1n) is 18.5. The monoisotopic (exact) mass is 748 g/mol. The molecule has 3 fully saturated rings. The summed E-state index contributed by atoms with van der Waals surface area (Å²) in [7, 11) is -2.25. The van der Waals surface area contributed by atoms with E-state index in [1.165, 1.54) is 4.90 Å². The van der Waals surface area contributed by atoms with Gasteiger partial charge in [-0.15, -0.1) is 0 Å². The number of methoxy groups -OCH3 is 1. The quantitative estimate of drug-likeness (QED) is 0.323. The first kappa shape index (κ1) is 36.8. The molecule has 2 aliphatic heterocycles. The Morgan fingerprint density at radius 1 is 1.15 bits per heavy atom. The van der Waals surface area contributed by atoms with Gasteiger partial charge in [0, 0.05) is 42.2 Å². The topological polar surface area (TPSA) is 171 Å². The van der Waals surface area contributed by atoms with E-state index in [0.29, 0.717) is 42.3 Å². The molecule has 3 amide bonds. The third-order valence-electron chi connectivity index (χ3n) is 10.7. The van der Waals surface area contributed by atoms with Crippen molar-refractivity contribution in [1.82, 2.24) is 29.7 Å². The van der Waals surface area contributed by atoms with Crippen LogP contribution < -0.4 is 19.5 Å². The summed E-state index contributed by atoms with van der Waals surface area (Å²) >= 11 is 0. The van der Waals surface area contributed by atoms with Gasteiger partial charge < -0.3 is 24.4 Å².